The van der Waals surface area contributed by atoms with E-state index in [-0.39, 0.29) is 4.92 Å². The van der Waals surface area contributed by atoms with Gasteiger partial charge >= 0.3 is 0 Å². The summed E-state index contributed by atoms with van der Waals surface area (Å²) < 4.78 is 0. The SMILES string of the molecule is O=[N+]([O-])C1CC[CH]CN1. The van der Waals surface area contributed by atoms with E-state index in [0.29, 0.717) is 13.0 Å². The highest BCUT2D eigenvalue weighted by atomic mass is 16.6. The van der Waals surface area contributed by atoms with Gasteiger partial charge in [-0.3, -0.25) is 15.4 Å². The fraction of sp³-hybridized carbons (Fsp3) is 0.800. The summed E-state index contributed by atoms with van der Waals surface area (Å²) in [6.07, 6.45) is 3.00. The summed E-state index contributed by atoms with van der Waals surface area (Å²) in [4.78, 5) is 9.81. The van der Waals surface area contributed by atoms with Gasteiger partial charge in [0.1, 0.15) is 0 Å². The number of nitro groups is 1. The van der Waals surface area contributed by atoms with Crippen LogP contribution in [0.5, 0.6) is 0 Å². The van der Waals surface area contributed by atoms with Crippen LogP contribution < -0.4 is 5.32 Å². The van der Waals surface area contributed by atoms with Crippen molar-refractivity contribution >= 4 is 0 Å². The second kappa shape index (κ2) is 2.77. The van der Waals surface area contributed by atoms with Gasteiger partial charge in [0.05, 0.1) is 0 Å². The molecule has 0 aromatic heterocycles. The van der Waals surface area contributed by atoms with E-state index in [1.165, 1.54) is 0 Å². The van der Waals surface area contributed by atoms with Crippen LogP contribution in [0.15, 0.2) is 0 Å². The van der Waals surface area contributed by atoms with Crippen LogP contribution in [0.4, 0.5) is 0 Å². The standard InChI is InChI=1S/C5H9N2O2/c8-7(9)5-3-1-2-4-6-5/h2,5-6H,1,3-4H2. The van der Waals surface area contributed by atoms with Gasteiger partial charge in [0.25, 0.3) is 6.17 Å². The van der Waals surface area contributed by atoms with Gasteiger partial charge in [-0.05, 0) is 12.8 Å². The molecule has 1 aliphatic heterocycles. The first-order chi connectivity index (χ1) is 4.30. The maximum absolute atomic E-state index is 10.1. The molecule has 1 aliphatic rings. The first-order valence-corrected chi connectivity index (χ1v) is 2.99. The molecule has 1 saturated heterocycles. The second-order valence-electron chi connectivity index (χ2n) is 2.08. The normalized spacial score (nSPS) is 27.8. The monoisotopic (exact) mass is 129 g/mol. The minimum absolute atomic E-state index is 0.271. The molecule has 51 valence electrons. The molecule has 1 fully saturated rings. The smallest absolute Gasteiger partial charge is 0.263 e. The van der Waals surface area contributed by atoms with Gasteiger partial charge in [0, 0.05) is 17.9 Å². The van der Waals surface area contributed by atoms with Crippen molar-refractivity contribution in [2.75, 3.05) is 6.54 Å². The first-order valence-electron chi connectivity index (χ1n) is 2.99. The van der Waals surface area contributed by atoms with Crippen LogP contribution in [0.2, 0.25) is 0 Å². The predicted octanol–water partition coefficient (Wildman–Crippen LogP) is 0.177. The topological polar surface area (TPSA) is 55.2 Å². The van der Waals surface area contributed by atoms with Gasteiger partial charge in [-0.2, -0.15) is 0 Å². The molecule has 1 radical (unpaired) electrons. The molecule has 1 unspecified atom stereocenters. The average molecular weight is 129 g/mol. The number of piperidine rings is 1. The third kappa shape index (κ3) is 1.64. The Balaban J connectivity index is 2.31. The Morgan fingerprint density at radius 3 is 2.89 bits per heavy atom. The highest BCUT2D eigenvalue weighted by Crippen LogP contribution is 2.05. The van der Waals surface area contributed by atoms with Crippen molar-refractivity contribution in [3.63, 3.8) is 0 Å². The number of rotatable bonds is 1. The largest absolute Gasteiger partial charge is 0.266 e. The predicted molar refractivity (Wildman–Crippen MR) is 32.3 cm³/mol. The van der Waals surface area contributed by atoms with Crippen molar-refractivity contribution in [3.8, 4) is 0 Å². The third-order valence-corrected chi connectivity index (χ3v) is 1.40. The van der Waals surface area contributed by atoms with Crippen LogP contribution in [-0.4, -0.2) is 17.6 Å². The number of hydrogen-bond donors (Lipinski definition) is 1. The van der Waals surface area contributed by atoms with Gasteiger partial charge in [0.2, 0.25) is 0 Å². The van der Waals surface area contributed by atoms with Gasteiger partial charge in [-0.25, -0.2) is 0 Å². The lowest BCUT2D eigenvalue weighted by Crippen LogP contribution is -2.40. The molecule has 0 saturated carbocycles. The number of hydrogen-bond acceptors (Lipinski definition) is 3. The van der Waals surface area contributed by atoms with Crippen LogP contribution in [0.25, 0.3) is 0 Å². The summed E-state index contributed by atoms with van der Waals surface area (Å²) in [6.45, 7) is 0.672. The Morgan fingerprint density at radius 1 is 1.78 bits per heavy atom. The minimum Gasteiger partial charge on any atom is -0.263 e. The van der Waals surface area contributed by atoms with Gasteiger partial charge in [0.15, 0.2) is 0 Å². The molecule has 0 spiro atoms. The molecule has 0 aliphatic carbocycles. The molecule has 1 N–H and O–H groups in total. The van der Waals surface area contributed by atoms with Crippen LogP contribution in [-0.2, 0) is 0 Å². The lowest BCUT2D eigenvalue weighted by Gasteiger charge is -2.15. The molecule has 9 heavy (non-hydrogen) atoms. The third-order valence-electron chi connectivity index (χ3n) is 1.40. The molecular formula is C5H9N2O2. The van der Waals surface area contributed by atoms with E-state index < -0.39 is 6.17 Å². The van der Waals surface area contributed by atoms with E-state index in [1.54, 1.807) is 0 Å². The van der Waals surface area contributed by atoms with Crippen molar-refractivity contribution in [2.45, 2.75) is 19.0 Å². The minimum atomic E-state index is -0.505. The molecule has 1 rings (SSSR count). The summed E-state index contributed by atoms with van der Waals surface area (Å²) in [5.41, 5.74) is 0. The summed E-state index contributed by atoms with van der Waals surface area (Å²) in [5.74, 6) is 0. The van der Waals surface area contributed by atoms with Gasteiger partial charge in [-0.15, -0.1) is 0 Å². The first kappa shape index (κ1) is 6.48. The van der Waals surface area contributed by atoms with Crippen LogP contribution >= 0.6 is 0 Å². The maximum atomic E-state index is 10.1. The molecular weight excluding hydrogens is 120 g/mol. The summed E-state index contributed by atoms with van der Waals surface area (Å²) >= 11 is 0. The van der Waals surface area contributed by atoms with Crippen molar-refractivity contribution < 1.29 is 4.92 Å². The number of nitrogens with zero attached hydrogens (tertiary/aromatic N) is 1. The fourth-order valence-electron chi connectivity index (χ4n) is 0.879. The molecule has 0 amide bonds. The quantitative estimate of drug-likeness (QED) is 0.405. The fourth-order valence-corrected chi connectivity index (χ4v) is 0.879. The summed E-state index contributed by atoms with van der Waals surface area (Å²) in [5, 5.41) is 12.8. The van der Waals surface area contributed by atoms with Crippen molar-refractivity contribution in [3.05, 3.63) is 16.5 Å². The van der Waals surface area contributed by atoms with Crippen LogP contribution in [0.3, 0.4) is 0 Å². The highest BCUT2D eigenvalue weighted by Gasteiger charge is 2.21. The molecule has 0 aromatic rings. The Morgan fingerprint density at radius 2 is 2.56 bits per heavy atom. The Labute approximate surface area is 53.4 Å². The zero-order valence-corrected chi connectivity index (χ0v) is 5.04. The van der Waals surface area contributed by atoms with Gasteiger partial charge < -0.3 is 0 Å². The maximum Gasteiger partial charge on any atom is 0.266 e. The van der Waals surface area contributed by atoms with E-state index in [2.05, 4.69) is 5.32 Å². The molecule has 0 aromatic carbocycles. The number of nitrogens with one attached hydrogen (secondary N) is 1. The Hall–Kier alpha value is -0.640. The van der Waals surface area contributed by atoms with E-state index in [9.17, 15) is 10.1 Å². The molecule has 1 atom stereocenters. The van der Waals surface area contributed by atoms with E-state index >= 15 is 0 Å². The van der Waals surface area contributed by atoms with Crippen LogP contribution in [0.1, 0.15) is 12.8 Å². The van der Waals surface area contributed by atoms with E-state index in [0.717, 1.165) is 6.42 Å². The molecule has 4 heteroatoms. The van der Waals surface area contributed by atoms with E-state index in [1.807, 2.05) is 6.42 Å². The Kier molecular flexibility index (Phi) is 2.00. The van der Waals surface area contributed by atoms with Crippen molar-refractivity contribution in [1.29, 1.82) is 0 Å². The average Bonchev–Trinajstić information content (AvgIpc) is 1.90. The van der Waals surface area contributed by atoms with Crippen molar-refractivity contribution in [1.82, 2.24) is 5.32 Å². The second-order valence-corrected chi connectivity index (χ2v) is 2.08. The van der Waals surface area contributed by atoms with Crippen LogP contribution in [0, 0.1) is 16.5 Å². The zero-order chi connectivity index (χ0) is 6.69. The molecule has 0 bridgehead atoms. The summed E-state index contributed by atoms with van der Waals surface area (Å²) in [7, 11) is 0. The van der Waals surface area contributed by atoms with Gasteiger partial charge in [-0.1, -0.05) is 0 Å². The lowest BCUT2D eigenvalue weighted by atomic mass is 10.1. The summed E-state index contributed by atoms with van der Waals surface area (Å²) in [6, 6.07) is 0. The molecule has 1 heterocycles. The lowest BCUT2D eigenvalue weighted by molar-refractivity contribution is -0.531. The molecule has 4 nitrogen and oxygen atoms in total. The Bertz CT molecular complexity index is 110. The highest BCUT2D eigenvalue weighted by molar-refractivity contribution is 4.76. The van der Waals surface area contributed by atoms with E-state index in [4.69, 9.17) is 0 Å². The van der Waals surface area contributed by atoms with Crippen molar-refractivity contribution in [2.24, 2.45) is 0 Å². The zero-order valence-electron chi connectivity index (χ0n) is 5.04.